The third-order valence-corrected chi connectivity index (χ3v) is 4.28. The zero-order valence-electron chi connectivity index (χ0n) is 12.7. The second kappa shape index (κ2) is 8.17. The van der Waals surface area contributed by atoms with Crippen molar-refractivity contribution in [1.29, 1.82) is 0 Å². The third-order valence-electron chi connectivity index (χ3n) is 3.71. The van der Waals surface area contributed by atoms with E-state index in [1.807, 2.05) is 24.3 Å². The number of hydrogen-bond donors (Lipinski definition) is 1. The molecule has 0 aromatic heterocycles. The molecule has 0 bridgehead atoms. The van der Waals surface area contributed by atoms with Gasteiger partial charge in [-0.25, -0.2) is 0 Å². The van der Waals surface area contributed by atoms with Gasteiger partial charge in [0.05, 0.1) is 7.11 Å². The fraction of sp³-hybridized carbons (Fsp3) is 0.500. The van der Waals surface area contributed by atoms with Gasteiger partial charge in [-0.3, -0.25) is 9.59 Å². The molecule has 1 fully saturated rings. The van der Waals surface area contributed by atoms with Crippen LogP contribution in [0.25, 0.3) is 0 Å². The van der Waals surface area contributed by atoms with Crippen molar-refractivity contribution in [2.75, 3.05) is 30.4 Å². The Morgan fingerprint density at radius 3 is 2.77 bits per heavy atom. The Morgan fingerprint density at radius 1 is 1.41 bits per heavy atom. The molecule has 1 aliphatic rings. The molecule has 5 nitrogen and oxygen atoms in total. The van der Waals surface area contributed by atoms with E-state index >= 15 is 0 Å². The lowest BCUT2D eigenvalue weighted by Crippen LogP contribution is -2.31. The van der Waals surface area contributed by atoms with Crippen molar-refractivity contribution >= 4 is 33.4 Å². The lowest BCUT2D eigenvalue weighted by atomic mass is 10.1. The van der Waals surface area contributed by atoms with Crippen LogP contribution >= 0.6 is 15.9 Å². The maximum Gasteiger partial charge on any atom is 0.227 e. The Labute approximate surface area is 139 Å². The highest BCUT2D eigenvalue weighted by molar-refractivity contribution is 9.09. The second-order valence-electron chi connectivity index (χ2n) is 5.37. The summed E-state index contributed by atoms with van der Waals surface area (Å²) in [6, 6.07) is 7.46. The van der Waals surface area contributed by atoms with E-state index in [0.29, 0.717) is 25.9 Å². The van der Waals surface area contributed by atoms with Crippen LogP contribution in [0.15, 0.2) is 24.3 Å². The number of benzene rings is 1. The quantitative estimate of drug-likeness (QED) is 0.751. The highest BCUT2D eigenvalue weighted by Crippen LogP contribution is 2.26. The molecule has 1 saturated heterocycles. The summed E-state index contributed by atoms with van der Waals surface area (Å²) < 4.78 is 5.12. The van der Waals surface area contributed by atoms with E-state index in [2.05, 4.69) is 21.2 Å². The summed E-state index contributed by atoms with van der Waals surface area (Å²) in [4.78, 5) is 25.5. The van der Waals surface area contributed by atoms with E-state index < -0.39 is 0 Å². The molecule has 6 heteroatoms. The lowest BCUT2D eigenvalue weighted by molar-refractivity contribution is -0.121. The number of nitrogens with one attached hydrogen (secondary N) is 1. The SMILES string of the molecule is COc1ccc(N2CC(CNC(=O)CCCBr)CC2=O)cc1. The first-order valence-electron chi connectivity index (χ1n) is 7.41. The Kier molecular flexibility index (Phi) is 6.24. The van der Waals surface area contributed by atoms with Crippen LogP contribution < -0.4 is 15.0 Å². The van der Waals surface area contributed by atoms with Crippen LogP contribution in [0.5, 0.6) is 5.75 Å². The number of halogens is 1. The molecule has 22 heavy (non-hydrogen) atoms. The Balaban J connectivity index is 1.86. The van der Waals surface area contributed by atoms with Gasteiger partial charge in [0.15, 0.2) is 0 Å². The summed E-state index contributed by atoms with van der Waals surface area (Å²) in [5.41, 5.74) is 0.874. The molecule has 0 aliphatic carbocycles. The molecule has 1 heterocycles. The maximum atomic E-state index is 12.1. The normalized spacial score (nSPS) is 17.6. The molecule has 1 aromatic rings. The van der Waals surface area contributed by atoms with Crippen molar-refractivity contribution in [2.24, 2.45) is 5.92 Å². The molecule has 2 rings (SSSR count). The van der Waals surface area contributed by atoms with Gasteiger partial charge in [0.25, 0.3) is 0 Å². The number of amides is 2. The number of ether oxygens (including phenoxy) is 1. The van der Waals surface area contributed by atoms with Gasteiger partial charge in [0.1, 0.15) is 5.75 Å². The molecular weight excluding hydrogens is 348 g/mol. The summed E-state index contributed by atoms with van der Waals surface area (Å²) in [6.07, 6.45) is 1.83. The number of hydrogen-bond acceptors (Lipinski definition) is 3. The highest BCUT2D eigenvalue weighted by atomic mass is 79.9. The van der Waals surface area contributed by atoms with Crippen LogP contribution in [0.4, 0.5) is 5.69 Å². The zero-order valence-corrected chi connectivity index (χ0v) is 14.3. The fourth-order valence-corrected chi connectivity index (χ4v) is 2.78. The molecule has 0 radical (unpaired) electrons. The first kappa shape index (κ1) is 16.8. The first-order chi connectivity index (χ1) is 10.6. The van der Waals surface area contributed by atoms with E-state index in [9.17, 15) is 9.59 Å². The van der Waals surface area contributed by atoms with E-state index in [4.69, 9.17) is 4.74 Å². The first-order valence-corrected chi connectivity index (χ1v) is 8.53. The van der Waals surface area contributed by atoms with Crippen molar-refractivity contribution in [3.05, 3.63) is 24.3 Å². The summed E-state index contributed by atoms with van der Waals surface area (Å²) in [5.74, 6) is 1.09. The van der Waals surface area contributed by atoms with Crippen molar-refractivity contribution in [2.45, 2.75) is 19.3 Å². The minimum absolute atomic E-state index is 0.0507. The zero-order chi connectivity index (χ0) is 15.9. The molecule has 120 valence electrons. The Morgan fingerprint density at radius 2 is 2.14 bits per heavy atom. The van der Waals surface area contributed by atoms with Crippen molar-refractivity contribution in [3.8, 4) is 5.75 Å². The van der Waals surface area contributed by atoms with Gasteiger partial charge >= 0.3 is 0 Å². The van der Waals surface area contributed by atoms with Crippen molar-refractivity contribution in [3.63, 3.8) is 0 Å². The molecule has 1 N–H and O–H groups in total. The predicted molar refractivity (Wildman–Crippen MR) is 89.5 cm³/mol. The van der Waals surface area contributed by atoms with E-state index in [-0.39, 0.29) is 17.7 Å². The van der Waals surface area contributed by atoms with Gasteiger partial charge in [-0.1, -0.05) is 15.9 Å². The minimum Gasteiger partial charge on any atom is -0.497 e. The Hall–Kier alpha value is -1.56. The largest absolute Gasteiger partial charge is 0.497 e. The maximum absolute atomic E-state index is 12.1. The van der Waals surface area contributed by atoms with Crippen LogP contribution in [0, 0.1) is 5.92 Å². The molecule has 1 aliphatic heterocycles. The summed E-state index contributed by atoms with van der Waals surface area (Å²) in [5, 5.41) is 3.74. The van der Waals surface area contributed by atoms with Crippen LogP contribution in [0.3, 0.4) is 0 Å². The average molecular weight is 369 g/mol. The number of anilines is 1. The standard InChI is InChI=1S/C16H21BrN2O3/c1-22-14-6-4-13(5-7-14)19-11-12(9-16(19)21)10-18-15(20)3-2-8-17/h4-7,12H,2-3,8-11H2,1H3,(H,18,20). The van der Waals surface area contributed by atoms with Crippen LogP contribution in [-0.2, 0) is 9.59 Å². The van der Waals surface area contributed by atoms with Gasteiger partial charge < -0.3 is 15.0 Å². The summed E-state index contributed by atoms with van der Waals surface area (Å²) in [7, 11) is 1.62. The molecule has 1 unspecified atom stereocenters. The van der Waals surface area contributed by atoms with Gasteiger partial charge in [-0.15, -0.1) is 0 Å². The predicted octanol–water partition coefficient (Wildman–Crippen LogP) is 2.34. The highest BCUT2D eigenvalue weighted by Gasteiger charge is 2.30. The molecular formula is C16H21BrN2O3. The monoisotopic (exact) mass is 368 g/mol. The average Bonchev–Trinajstić information content (AvgIpc) is 2.92. The van der Waals surface area contributed by atoms with Gasteiger partial charge in [-0.2, -0.15) is 0 Å². The van der Waals surface area contributed by atoms with Crippen molar-refractivity contribution < 1.29 is 14.3 Å². The second-order valence-corrected chi connectivity index (χ2v) is 6.16. The molecule has 2 amide bonds. The molecule has 0 saturated carbocycles. The fourth-order valence-electron chi connectivity index (χ4n) is 2.50. The smallest absolute Gasteiger partial charge is 0.227 e. The number of rotatable bonds is 7. The number of methoxy groups -OCH3 is 1. The van der Waals surface area contributed by atoms with Crippen LogP contribution in [0.1, 0.15) is 19.3 Å². The third kappa shape index (κ3) is 4.47. The molecule has 1 atom stereocenters. The number of carbonyl (C=O) groups is 2. The minimum atomic E-state index is 0.0507. The number of carbonyl (C=O) groups excluding carboxylic acids is 2. The molecule has 1 aromatic carbocycles. The van der Waals surface area contributed by atoms with E-state index in [0.717, 1.165) is 23.2 Å². The number of nitrogens with zero attached hydrogens (tertiary/aromatic N) is 1. The van der Waals surface area contributed by atoms with Gasteiger partial charge in [0.2, 0.25) is 11.8 Å². The number of alkyl halides is 1. The molecule has 0 spiro atoms. The Bertz CT molecular complexity index is 519. The van der Waals surface area contributed by atoms with Gasteiger partial charge in [-0.05, 0) is 30.7 Å². The topological polar surface area (TPSA) is 58.6 Å². The van der Waals surface area contributed by atoms with Crippen LogP contribution in [-0.4, -0.2) is 37.3 Å². The van der Waals surface area contributed by atoms with Crippen LogP contribution in [0.2, 0.25) is 0 Å². The van der Waals surface area contributed by atoms with E-state index in [1.165, 1.54) is 0 Å². The van der Waals surface area contributed by atoms with Crippen molar-refractivity contribution in [1.82, 2.24) is 5.32 Å². The van der Waals surface area contributed by atoms with E-state index in [1.54, 1.807) is 12.0 Å². The summed E-state index contributed by atoms with van der Waals surface area (Å²) in [6.45, 7) is 1.20. The summed E-state index contributed by atoms with van der Waals surface area (Å²) >= 11 is 3.31. The van der Waals surface area contributed by atoms with Gasteiger partial charge in [0, 0.05) is 42.9 Å². The lowest BCUT2D eigenvalue weighted by Gasteiger charge is -2.17.